The van der Waals surface area contributed by atoms with Gasteiger partial charge in [-0.3, -0.25) is 4.90 Å². The number of aromatic nitrogens is 5. The summed E-state index contributed by atoms with van der Waals surface area (Å²) in [5, 5.41) is 7.92. The van der Waals surface area contributed by atoms with E-state index in [2.05, 4.69) is 36.2 Å². The number of hydrogen-bond donors (Lipinski definition) is 1. The van der Waals surface area contributed by atoms with E-state index in [-0.39, 0.29) is 6.09 Å². The molecule has 3 aromatic rings. The van der Waals surface area contributed by atoms with Gasteiger partial charge in [0.05, 0.1) is 36.4 Å². The number of carbonyl (C=O) groups is 1. The summed E-state index contributed by atoms with van der Waals surface area (Å²) in [4.78, 5) is 26.6. The van der Waals surface area contributed by atoms with Gasteiger partial charge in [0, 0.05) is 12.0 Å². The van der Waals surface area contributed by atoms with Crippen molar-refractivity contribution in [3.63, 3.8) is 0 Å². The van der Waals surface area contributed by atoms with Crippen molar-refractivity contribution >= 4 is 39.2 Å². The molecule has 138 valence electrons. The first kappa shape index (κ1) is 16.4. The maximum atomic E-state index is 12.1. The molecule has 3 aromatic heterocycles. The lowest BCUT2D eigenvalue weighted by Gasteiger charge is -2.14. The van der Waals surface area contributed by atoms with Crippen LogP contribution >= 0.6 is 15.9 Å². The Morgan fingerprint density at radius 3 is 2.93 bits per heavy atom. The van der Waals surface area contributed by atoms with Gasteiger partial charge in [-0.15, -0.1) is 0 Å². The van der Waals surface area contributed by atoms with E-state index in [1.165, 1.54) is 6.33 Å². The van der Waals surface area contributed by atoms with E-state index in [0.717, 1.165) is 29.9 Å². The second-order valence-electron chi connectivity index (χ2n) is 6.57. The fourth-order valence-corrected chi connectivity index (χ4v) is 3.42. The molecule has 9 nitrogen and oxygen atoms in total. The predicted molar refractivity (Wildman–Crippen MR) is 101 cm³/mol. The van der Waals surface area contributed by atoms with Crippen LogP contribution < -0.4 is 10.2 Å². The molecule has 0 spiro atoms. The molecule has 4 heterocycles. The molecule has 1 amide bonds. The second kappa shape index (κ2) is 6.45. The average Bonchev–Trinajstić information content (AvgIpc) is 3.29. The van der Waals surface area contributed by atoms with E-state index >= 15 is 0 Å². The first-order valence-electron chi connectivity index (χ1n) is 8.72. The first-order valence-corrected chi connectivity index (χ1v) is 9.51. The van der Waals surface area contributed by atoms with Crippen molar-refractivity contribution in [2.24, 2.45) is 0 Å². The highest BCUT2D eigenvalue weighted by Gasteiger charge is 2.31. The fraction of sp³-hybridized carbons (Fsp3) is 0.353. The quantitative estimate of drug-likeness (QED) is 0.622. The van der Waals surface area contributed by atoms with E-state index < -0.39 is 0 Å². The van der Waals surface area contributed by atoms with Crippen molar-refractivity contribution < 1.29 is 9.53 Å². The maximum Gasteiger partial charge on any atom is 0.414 e. The minimum atomic E-state index is -0.335. The Labute approximate surface area is 162 Å². The highest BCUT2D eigenvalue weighted by atomic mass is 79.9. The van der Waals surface area contributed by atoms with Crippen molar-refractivity contribution in [2.45, 2.75) is 25.3 Å². The fourth-order valence-electron chi connectivity index (χ4n) is 3.11. The molecule has 2 fully saturated rings. The van der Waals surface area contributed by atoms with Crippen LogP contribution in [0.4, 0.5) is 16.3 Å². The summed E-state index contributed by atoms with van der Waals surface area (Å²) in [6.45, 7) is 1.40. The van der Waals surface area contributed by atoms with Crippen LogP contribution in [0.2, 0.25) is 0 Å². The van der Waals surface area contributed by atoms with E-state index in [9.17, 15) is 4.79 Å². The van der Waals surface area contributed by atoms with Crippen LogP contribution in [0.3, 0.4) is 0 Å². The number of cyclic esters (lactones) is 1. The summed E-state index contributed by atoms with van der Waals surface area (Å²) in [5.74, 6) is 1.16. The summed E-state index contributed by atoms with van der Waals surface area (Å²) in [7, 11) is 0. The molecule has 0 aromatic carbocycles. The maximum absolute atomic E-state index is 12.1. The number of carbonyl (C=O) groups excluding carboxylic acids is 1. The summed E-state index contributed by atoms with van der Waals surface area (Å²) in [6, 6.07) is 3.77. The zero-order valence-corrected chi connectivity index (χ0v) is 15.9. The number of fused-ring (bicyclic) bond motifs is 1. The van der Waals surface area contributed by atoms with Crippen LogP contribution in [0.25, 0.3) is 5.65 Å². The van der Waals surface area contributed by atoms with E-state index in [1.54, 1.807) is 15.5 Å². The normalized spacial score (nSPS) is 16.8. The highest BCUT2D eigenvalue weighted by Crippen LogP contribution is 2.40. The predicted octanol–water partition coefficient (Wildman–Crippen LogP) is 2.73. The molecular weight excluding hydrogens is 414 g/mol. The standard InChI is InChI=1S/C17H16BrN7O2/c18-14-6-15(21-9-20-14)19-7-11-8-25-16(22-11)13(24-3-4-27-17(24)26)5-12(23-25)10-1-2-10/h5-6,8-10H,1-4,7H2,(H,19,20,21). The largest absolute Gasteiger partial charge is 0.447 e. The zero-order valence-electron chi connectivity index (χ0n) is 14.3. The van der Waals surface area contributed by atoms with Gasteiger partial charge in [0.15, 0.2) is 5.65 Å². The third kappa shape index (κ3) is 3.20. The van der Waals surface area contributed by atoms with Gasteiger partial charge < -0.3 is 10.1 Å². The first-order chi connectivity index (χ1) is 13.2. The number of anilines is 2. The van der Waals surface area contributed by atoms with Crippen LogP contribution in [-0.2, 0) is 11.3 Å². The van der Waals surface area contributed by atoms with Gasteiger partial charge in [0.2, 0.25) is 0 Å². The summed E-state index contributed by atoms with van der Waals surface area (Å²) in [5.41, 5.74) is 3.21. The molecule has 0 unspecified atom stereocenters. The van der Waals surface area contributed by atoms with Crippen molar-refractivity contribution in [3.05, 3.63) is 40.6 Å². The van der Waals surface area contributed by atoms with E-state index in [4.69, 9.17) is 9.84 Å². The Bertz CT molecular complexity index is 1030. The summed E-state index contributed by atoms with van der Waals surface area (Å²) < 4.78 is 7.58. The number of hydrogen-bond acceptors (Lipinski definition) is 7. The Kier molecular flexibility index (Phi) is 3.92. The molecular formula is C17H16BrN7O2. The van der Waals surface area contributed by atoms with E-state index in [1.807, 2.05) is 12.3 Å². The zero-order chi connectivity index (χ0) is 18.4. The molecule has 27 heavy (non-hydrogen) atoms. The Balaban J connectivity index is 1.49. The van der Waals surface area contributed by atoms with Crippen LogP contribution in [0.5, 0.6) is 0 Å². The summed E-state index contributed by atoms with van der Waals surface area (Å²) >= 11 is 3.33. The molecule has 0 radical (unpaired) electrons. The Morgan fingerprint density at radius 2 is 2.19 bits per heavy atom. The number of nitrogens with one attached hydrogen (secondary N) is 1. The molecule has 1 aliphatic carbocycles. The van der Waals surface area contributed by atoms with Crippen LogP contribution in [0.15, 0.2) is 29.3 Å². The van der Waals surface area contributed by atoms with Gasteiger partial charge in [-0.1, -0.05) is 0 Å². The van der Waals surface area contributed by atoms with Gasteiger partial charge in [0.1, 0.15) is 23.4 Å². The minimum Gasteiger partial charge on any atom is -0.447 e. The minimum absolute atomic E-state index is 0.335. The van der Waals surface area contributed by atoms with Gasteiger partial charge in [-0.2, -0.15) is 5.10 Å². The van der Waals surface area contributed by atoms with Crippen LogP contribution in [-0.4, -0.2) is 43.8 Å². The van der Waals surface area contributed by atoms with Gasteiger partial charge in [0.25, 0.3) is 0 Å². The summed E-state index contributed by atoms with van der Waals surface area (Å²) in [6.07, 6.45) is 5.30. The average molecular weight is 430 g/mol. The monoisotopic (exact) mass is 429 g/mol. The number of halogens is 1. The van der Waals surface area contributed by atoms with E-state index in [0.29, 0.717) is 41.7 Å². The molecule has 0 bridgehead atoms. The molecule has 0 atom stereocenters. The molecule has 5 rings (SSSR count). The lowest BCUT2D eigenvalue weighted by atomic mass is 10.2. The smallest absolute Gasteiger partial charge is 0.414 e. The lowest BCUT2D eigenvalue weighted by molar-refractivity contribution is 0.181. The number of nitrogens with zero attached hydrogens (tertiary/aromatic N) is 6. The third-order valence-electron chi connectivity index (χ3n) is 4.61. The van der Waals surface area contributed by atoms with Gasteiger partial charge >= 0.3 is 6.09 Å². The second-order valence-corrected chi connectivity index (χ2v) is 7.39. The van der Waals surface area contributed by atoms with Crippen LogP contribution in [0, 0.1) is 0 Å². The lowest BCUT2D eigenvalue weighted by Crippen LogP contribution is -2.24. The third-order valence-corrected chi connectivity index (χ3v) is 5.04. The molecule has 1 N–H and O–H groups in total. The molecule has 10 heteroatoms. The van der Waals surface area contributed by atoms with Gasteiger partial charge in [-0.05, 0) is 34.8 Å². The van der Waals surface area contributed by atoms with Crippen molar-refractivity contribution in [1.82, 2.24) is 24.6 Å². The molecule has 2 aliphatic rings. The molecule has 1 saturated carbocycles. The number of imidazole rings is 1. The highest BCUT2D eigenvalue weighted by molar-refractivity contribution is 9.10. The van der Waals surface area contributed by atoms with Crippen LogP contribution in [0.1, 0.15) is 30.1 Å². The molecule has 1 saturated heterocycles. The SMILES string of the molecule is O=C1OCCN1c1cc(C2CC2)nn2cc(CNc3cc(Br)ncn3)nc12. The number of ether oxygens (including phenoxy) is 1. The Hall–Kier alpha value is -2.75. The Morgan fingerprint density at radius 1 is 1.30 bits per heavy atom. The van der Waals surface area contributed by atoms with Gasteiger partial charge in [-0.25, -0.2) is 24.3 Å². The van der Waals surface area contributed by atoms with Crippen molar-refractivity contribution in [3.8, 4) is 0 Å². The van der Waals surface area contributed by atoms with Crippen molar-refractivity contribution in [1.29, 1.82) is 0 Å². The topological polar surface area (TPSA) is 97.5 Å². The van der Waals surface area contributed by atoms with Crippen molar-refractivity contribution in [2.75, 3.05) is 23.4 Å². The number of rotatable bonds is 5. The number of amides is 1. The molecule has 1 aliphatic heterocycles.